The molecule has 20 heavy (non-hydrogen) atoms. The highest BCUT2D eigenvalue weighted by molar-refractivity contribution is 8.14. The highest BCUT2D eigenvalue weighted by atomic mass is 32.2. The predicted molar refractivity (Wildman–Crippen MR) is 86.9 cm³/mol. The van der Waals surface area contributed by atoms with Gasteiger partial charge in [0.15, 0.2) is 5.17 Å². The summed E-state index contributed by atoms with van der Waals surface area (Å²) in [4.78, 5) is 4.85. The average Bonchev–Trinajstić information content (AvgIpc) is 2.94. The van der Waals surface area contributed by atoms with E-state index in [2.05, 4.69) is 24.4 Å². The fourth-order valence-electron chi connectivity index (χ4n) is 2.80. The summed E-state index contributed by atoms with van der Waals surface area (Å²) in [5.74, 6) is 2.97. The van der Waals surface area contributed by atoms with E-state index in [1.54, 1.807) is 0 Å². The molecule has 0 bridgehead atoms. The zero-order chi connectivity index (χ0) is 13.8. The van der Waals surface area contributed by atoms with Gasteiger partial charge in [0.2, 0.25) is 0 Å². The van der Waals surface area contributed by atoms with Crippen molar-refractivity contribution >= 4 is 22.6 Å². The monoisotopic (exact) mass is 290 g/mol. The summed E-state index contributed by atoms with van der Waals surface area (Å²) in [6.07, 6.45) is 5.00. The quantitative estimate of drug-likeness (QED) is 0.904. The number of aliphatic imine (C=N–C) groups is 1. The first-order valence-corrected chi connectivity index (χ1v) is 8.54. The van der Waals surface area contributed by atoms with Gasteiger partial charge in [-0.05, 0) is 49.4 Å². The number of anilines is 1. The second kappa shape index (κ2) is 6.53. The summed E-state index contributed by atoms with van der Waals surface area (Å²) in [6, 6.07) is 8.73. The van der Waals surface area contributed by atoms with Gasteiger partial charge in [-0.2, -0.15) is 0 Å². The lowest BCUT2D eigenvalue weighted by Crippen LogP contribution is -2.25. The van der Waals surface area contributed by atoms with Crippen LogP contribution in [0.25, 0.3) is 0 Å². The van der Waals surface area contributed by atoms with Crippen LogP contribution in [0.4, 0.5) is 5.69 Å². The van der Waals surface area contributed by atoms with E-state index >= 15 is 0 Å². The van der Waals surface area contributed by atoms with Gasteiger partial charge in [0, 0.05) is 11.4 Å². The number of benzene rings is 1. The van der Waals surface area contributed by atoms with Gasteiger partial charge in [-0.15, -0.1) is 0 Å². The molecule has 4 heteroatoms. The molecule has 1 saturated carbocycles. The van der Waals surface area contributed by atoms with E-state index in [4.69, 9.17) is 9.73 Å². The summed E-state index contributed by atoms with van der Waals surface area (Å²) in [5.41, 5.74) is 1.09. The maximum atomic E-state index is 5.59. The molecule has 1 aromatic rings. The van der Waals surface area contributed by atoms with Crippen LogP contribution in [0.1, 0.15) is 32.6 Å². The van der Waals surface area contributed by atoms with Crippen molar-refractivity contribution in [3.63, 3.8) is 0 Å². The number of fused-ring (bicyclic) bond motifs is 1. The Labute approximate surface area is 125 Å². The lowest BCUT2D eigenvalue weighted by atomic mass is 10.1. The molecule has 0 saturated heterocycles. The van der Waals surface area contributed by atoms with Crippen LogP contribution in [-0.2, 0) is 0 Å². The number of rotatable bonds is 4. The van der Waals surface area contributed by atoms with Crippen LogP contribution in [0.5, 0.6) is 5.75 Å². The minimum atomic E-state index is 0.561. The standard InChI is InChI=1S/C16H22N2OS/c1-2-10-19-14-8-6-13(7-9-14)17-16-18-15-5-3-4-12(15)11-20-16/h6-9,12,15H,2-5,10-11H2,1H3,(H,17,18). The first kappa shape index (κ1) is 13.8. The van der Waals surface area contributed by atoms with Crippen molar-refractivity contribution in [1.82, 2.24) is 0 Å². The first-order chi connectivity index (χ1) is 9.85. The lowest BCUT2D eigenvalue weighted by Gasteiger charge is -2.23. The number of amidine groups is 1. The van der Waals surface area contributed by atoms with Crippen LogP contribution in [0.2, 0.25) is 0 Å². The molecule has 0 amide bonds. The SMILES string of the molecule is CCCOc1ccc(NC2=NC3CCCC3CS2)cc1. The summed E-state index contributed by atoms with van der Waals surface area (Å²) < 4.78 is 5.59. The summed E-state index contributed by atoms with van der Waals surface area (Å²) in [5, 5.41) is 4.51. The van der Waals surface area contributed by atoms with E-state index in [9.17, 15) is 0 Å². The van der Waals surface area contributed by atoms with Gasteiger partial charge in [-0.25, -0.2) is 0 Å². The summed E-state index contributed by atoms with van der Waals surface area (Å²) >= 11 is 1.86. The minimum absolute atomic E-state index is 0.561. The van der Waals surface area contributed by atoms with Gasteiger partial charge in [-0.1, -0.05) is 25.1 Å². The second-order valence-corrected chi connectivity index (χ2v) is 6.51. The molecule has 3 rings (SSSR count). The Kier molecular flexibility index (Phi) is 4.51. The van der Waals surface area contributed by atoms with Crippen LogP contribution < -0.4 is 10.1 Å². The van der Waals surface area contributed by atoms with E-state index in [-0.39, 0.29) is 0 Å². The van der Waals surface area contributed by atoms with E-state index < -0.39 is 0 Å². The molecule has 0 spiro atoms. The number of thioether (sulfide) groups is 1. The van der Waals surface area contributed by atoms with Crippen molar-refractivity contribution in [3.8, 4) is 5.75 Å². The molecular weight excluding hydrogens is 268 g/mol. The van der Waals surface area contributed by atoms with Gasteiger partial charge in [0.05, 0.1) is 12.6 Å². The molecular formula is C16H22N2OS. The molecule has 2 aliphatic rings. The van der Waals surface area contributed by atoms with Crippen molar-refractivity contribution in [2.45, 2.75) is 38.6 Å². The molecule has 1 aromatic carbocycles. The minimum Gasteiger partial charge on any atom is -0.494 e. The van der Waals surface area contributed by atoms with Crippen LogP contribution in [-0.4, -0.2) is 23.6 Å². The highest BCUT2D eigenvalue weighted by Crippen LogP contribution is 2.35. The Morgan fingerprint density at radius 2 is 2.15 bits per heavy atom. The number of hydrogen-bond donors (Lipinski definition) is 1. The third kappa shape index (κ3) is 3.29. The highest BCUT2D eigenvalue weighted by Gasteiger charge is 2.30. The molecule has 2 unspecified atom stereocenters. The molecule has 3 nitrogen and oxygen atoms in total. The Morgan fingerprint density at radius 3 is 2.95 bits per heavy atom. The molecule has 1 aliphatic carbocycles. The second-order valence-electron chi connectivity index (χ2n) is 5.50. The maximum absolute atomic E-state index is 5.59. The molecule has 1 N–H and O–H groups in total. The number of nitrogens with one attached hydrogen (secondary N) is 1. The van der Waals surface area contributed by atoms with E-state index in [1.807, 2.05) is 23.9 Å². The molecule has 1 fully saturated rings. The normalized spacial score (nSPS) is 24.9. The zero-order valence-electron chi connectivity index (χ0n) is 12.0. The Morgan fingerprint density at radius 1 is 1.30 bits per heavy atom. The fourth-order valence-corrected chi connectivity index (χ4v) is 3.96. The third-order valence-electron chi connectivity index (χ3n) is 3.91. The summed E-state index contributed by atoms with van der Waals surface area (Å²) in [6.45, 7) is 2.89. The van der Waals surface area contributed by atoms with Gasteiger partial charge >= 0.3 is 0 Å². The third-order valence-corrected chi connectivity index (χ3v) is 4.99. The average molecular weight is 290 g/mol. The number of hydrogen-bond acceptors (Lipinski definition) is 4. The van der Waals surface area contributed by atoms with Gasteiger partial charge in [-0.3, -0.25) is 4.99 Å². The molecule has 1 aliphatic heterocycles. The van der Waals surface area contributed by atoms with E-state index in [0.29, 0.717) is 6.04 Å². The molecule has 108 valence electrons. The number of nitrogens with zero attached hydrogens (tertiary/aromatic N) is 1. The van der Waals surface area contributed by atoms with Crippen LogP contribution >= 0.6 is 11.8 Å². The van der Waals surface area contributed by atoms with Crippen LogP contribution in [0.3, 0.4) is 0 Å². The fraction of sp³-hybridized carbons (Fsp3) is 0.562. The first-order valence-electron chi connectivity index (χ1n) is 7.55. The van der Waals surface area contributed by atoms with Gasteiger partial charge < -0.3 is 10.1 Å². The zero-order valence-corrected chi connectivity index (χ0v) is 12.8. The van der Waals surface area contributed by atoms with E-state index in [0.717, 1.165) is 35.6 Å². The topological polar surface area (TPSA) is 33.6 Å². The number of ether oxygens (including phenoxy) is 1. The van der Waals surface area contributed by atoms with Crippen LogP contribution in [0.15, 0.2) is 29.3 Å². The van der Waals surface area contributed by atoms with E-state index in [1.165, 1.54) is 25.0 Å². The maximum Gasteiger partial charge on any atom is 0.161 e. The molecule has 0 radical (unpaired) electrons. The van der Waals surface area contributed by atoms with Crippen molar-refractivity contribution in [2.75, 3.05) is 17.7 Å². The van der Waals surface area contributed by atoms with Crippen LogP contribution in [0, 0.1) is 5.92 Å². The van der Waals surface area contributed by atoms with Crippen molar-refractivity contribution in [2.24, 2.45) is 10.9 Å². The Hall–Kier alpha value is -1.16. The Bertz CT molecular complexity index is 472. The van der Waals surface area contributed by atoms with Crippen molar-refractivity contribution in [1.29, 1.82) is 0 Å². The largest absolute Gasteiger partial charge is 0.494 e. The summed E-state index contributed by atoms with van der Waals surface area (Å²) in [7, 11) is 0. The predicted octanol–water partition coefficient (Wildman–Crippen LogP) is 4.16. The Balaban J connectivity index is 1.60. The van der Waals surface area contributed by atoms with Crippen molar-refractivity contribution in [3.05, 3.63) is 24.3 Å². The van der Waals surface area contributed by atoms with Gasteiger partial charge in [0.1, 0.15) is 5.75 Å². The molecule has 1 heterocycles. The van der Waals surface area contributed by atoms with Crippen molar-refractivity contribution < 1.29 is 4.74 Å². The molecule has 2 atom stereocenters. The van der Waals surface area contributed by atoms with Gasteiger partial charge in [0.25, 0.3) is 0 Å². The lowest BCUT2D eigenvalue weighted by molar-refractivity contribution is 0.317. The smallest absolute Gasteiger partial charge is 0.161 e. The molecule has 0 aromatic heterocycles.